The summed E-state index contributed by atoms with van der Waals surface area (Å²) in [5, 5.41) is 3.33. The van der Waals surface area contributed by atoms with E-state index < -0.39 is 0 Å². The van der Waals surface area contributed by atoms with E-state index in [-0.39, 0.29) is 0 Å². The van der Waals surface area contributed by atoms with Crippen LogP contribution in [0.4, 0.5) is 0 Å². The first-order chi connectivity index (χ1) is 6.83. The van der Waals surface area contributed by atoms with Gasteiger partial charge in [0, 0.05) is 32.8 Å². The fourth-order valence-corrected chi connectivity index (χ4v) is 1.54. The molecule has 4 nitrogen and oxygen atoms in total. The molecule has 0 aromatic carbocycles. The minimum absolute atomic E-state index is 0.343. The largest absolute Gasteiger partial charge is 0.380 e. The first-order valence-electron chi connectivity index (χ1n) is 5.41. The van der Waals surface area contributed by atoms with Gasteiger partial charge >= 0.3 is 0 Å². The number of likely N-dealkylation sites (N-methyl/N-ethyl adjacent to an activating group) is 1. The lowest BCUT2D eigenvalue weighted by atomic mass is 10.3. The lowest BCUT2D eigenvalue weighted by Gasteiger charge is -2.30. The van der Waals surface area contributed by atoms with Crippen LogP contribution in [0.25, 0.3) is 0 Å². The Bertz CT molecular complexity index is 144. The summed E-state index contributed by atoms with van der Waals surface area (Å²) < 4.78 is 10.8. The van der Waals surface area contributed by atoms with Gasteiger partial charge in [0.2, 0.25) is 0 Å². The van der Waals surface area contributed by atoms with Gasteiger partial charge in [-0.25, -0.2) is 0 Å². The summed E-state index contributed by atoms with van der Waals surface area (Å²) in [6, 6.07) is 0. The Balaban J connectivity index is 1.95. The third kappa shape index (κ3) is 4.91. The number of ether oxygens (including phenoxy) is 2. The van der Waals surface area contributed by atoms with Gasteiger partial charge in [0.05, 0.1) is 19.3 Å². The molecule has 1 unspecified atom stereocenters. The van der Waals surface area contributed by atoms with E-state index in [0.29, 0.717) is 6.10 Å². The molecule has 0 bridgehead atoms. The van der Waals surface area contributed by atoms with Crippen molar-refractivity contribution in [2.45, 2.75) is 13.0 Å². The van der Waals surface area contributed by atoms with Crippen molar-refractivity contribution < 1.29 is 9.47 Å². The third-order valence-electron chi connectivity index (χ3n) is 2.34. The van der Waals surface area contributed by atoms with Crippen LogP contribution in [0.15, 0.2) is 0 Å². The van der Waals surface area contributed by atoms with Crippen LogP contribution in [0.3, 0.4) is 0 Å². The van der Waals surface area contributed by atoms with Crippen molar-refractivity contribution >= 4 is 0 Å². The summed E-state index contributed by atoms with van der Waals surface area (Å²) in [4.78, 5) is 2.30. The first-order valence-corrected chi connectivity index (χ1v) is 5.41. The average molecular weight is 202 g/mol. The molecule has 0 aromatic heterocycles. The predicted octanol–water partition coefficient (Wildman–Crippen LogP) is -0.0569. The van der Waals surface area contributed by atoms with Crippen molar-refractivity contribution in [1.82, 2.24) is 10.2 Å². The van der Waals surface area contributed by atoms with Gasteiger partial charge in [0.1, 0.15) is 0 Å². The van der Waals surface area contributed by atoms with Crippen molar-refractivity contribution in [3.8, 4) is 0 Å². The summed E-state index contributed by atoms with van der Waals surface area (Å²) in [5.74, 6) is 0. The van der Waals surface area contributed by atoms with Gasteiger partial charge in [-0.1, -0.05) is 0 Å². The van der Waals surface area contributed by atoms with E-state index in [4.69, 9.17) is 9.47 Å². The van der Waals surface area contributed by atoms with Crippen LogP contribution in [-0.4, -0.2) is 64.1 Å². The molecule has 1 aliphatic rings. The van der Waals surface area contributed by atoms with E-state index in [1.54, 1.807) is 0 Å². The molecule has 0 aliphatic carbocycles. The summed E-state index contributed by atoms with van der Waals surface area (Å²) in [7, 11) is 2.13. The Morgan fingerprint density at radius 3 is 3.14 bits per heavy atom. The fraction of sp³-hybridized carbons (Fsp3) is 1.00. The molecule has 0 radical (unpaired) electrons. The van der Waals surface area contributed by atoms with E-state index in [2.05, 4.69) is 17.3 Å². The van der Waals surface area contributed by atoms with Gasteiger partial charge in [-0.3, -0.25) is 0 Å². The smallest absolute Gasteiger partial charge is 0.0826 e. The average Bonchev–Trinajstić information content (AvgIpc) is 2.18. The minimum atomic E-state index is 0.343. The van der Waals surface area contributed by atoms with E-state index >= 15 is 0 Å². The van der Waals surface area contributed by atoms with Crippen molar-refractivity contribution in [3.63, 3.8) is 0 Å². The standard InChI is InChI=1S/C10H22N2O2/c1-3-13-6-4-11-8-10-9-12(2)5-7-14-10/h10-11H,3-9H2,1-2H3. The first kappa shape index (κ1) is 11.9. The highest BCUT2D eigenvalue weighted by molar-refractivity contribution is 4.70. The summed E-state index contributed by atoms with van der Waals surface area (Å²) >= 11 is 0. The van der Waals surface area contributed by atoms with Crippen LogP contribution in [0.2, 0.25) is 0 Å². The monoisotopic (exact) mass is 202 g/mol. The molecule has 0 spiro atoms. The molecular formula is C10H22N2O2. The van der Waals surface area contributed by atoms with E-state index in [1.807, 2.05) is 6.92 Å². The highest BCUT2D eigenvalue weighted by atomic mass is 16.5. The van der Waals surface area contributed by atoms with E-state index in [1.165, 1.54) is 0 Å². The Kier molecular flexibility index (Phi) is 6.10. The minimum Gasteiger partial charge on any atom is -0.380 e. The second kappa shape index (κ2) is 7.17. The van der Waals surface area contributed by atoms with Gasteiger partial charge in [-0.05, 0) is 14.0 Å². The molecule has 1 fully saturated rings. The van der Waals surface area contributed by atoms with Crippen LogP contribution >= 0.6 is 0 Å². The lowest BCUT2D eigenvalue weighted by molar-refractivity contribution is -0.0186. The van der Waals surface area contributed by atoms with Gasteiger partial charge in [-0.2, -0.15) is 0 Å². The molecule has 1 N–H and O–H groups in total. The van der Waals surface area contributed by atoms with Crippen LogP contribution in [0, 0.1) is 0 Å². The molecule has 0 aromatic rings. The number of hydrogen-bond acceptors (Lipinski definition) is 4. The van der Waals surface area contributed by atoms with Gasteiger partial charge < -0.3 is 19.7 Å². The summed E-state index contributed by atoms with van der Waals surface area (Å²) in [6.07, 6.45) is 0.343. The molecule has 84 valence electrons. The van der Waals surface area contributed by atoms with E-state index in [0.717, 1.165) is 46.0 Å². The molecule has 0 saturated carbocycles. The maximum Gasteiger partial charge on any atom is 0.0826 e. The van der Waals surface area contributed by atoms with Crippen molar-refractivity contribution in [2.75, 3.05) is 53.0 Å². The number of nitrogens with zero attached hydrogens (tertiary/aromatic N) is 1. The SMILES string of the molecule is CCOCCNCC1CN(C)CCO1. The highest BCUT2D eigenvalue weighted by Gasteiger charge is 2.16. The molecule has 0 amide bonds. The van der Waals surface area contributed by atoms with Gasteiger partial charge in [0.25, 0.3) is 0 Å². The molecule has 1 heterocycles. The number of hydrogen-bond donors (Lipinski definition) is 1. The van der Waals surface area contributed by atoms with Gasteiger partial charge in [-0.15, -0.1) is 0 Å². The van der Waals surface area contributed by atoms with Crippen LogP contribution in [0.1, 0.15) is 6.92 Å². The van der Waals surface area contributed by atoms with Crippen molar-refractivity contribution in [3.05, 3.63) is 0 Å². The molecule has 1 aliphatic heterocycles. The molecule has 14 heavy (non-hydrogen) atoms. The van der Waals surface area contributed by atoms with Crippen molar-refractivity contribution in [1.29, 1.82) is 0 Å². The number of nitrogens with one attached hydrogen (secondary N) is 1. The summed E-state index contributed by atoms with van der Waals surface area (Å²) in [5.41, 5.74) is 0. The molecule has 1 rings (SSSR count). The highest BCUT2D eigenvalue weighted by Crippen LogP contribution is 2.00. The Hall–Kier alpha value is -0.160. The summed E-state index contributed by atoms with van der Waals surface area (Å²) in [6.45, 7) is 8.38. The zero-order valence-electron chi connectivity index (χ0n) is 9.29. The Morgan fingerprint density at radius 2 is 2.43 bits per heavy atom. The molecule has 1 saturated heterocycles. The maximum atomic E-state index is 5.61. The van der Waals surface area contributed by atoms with Crippen LogP contribution in [-0.2, 0) is 9.47 Å². The zero-order chi connectivity index (χ0) is 10.2. The molecule has 1 atom stereocenters. The Labute approximate surface area is 86.6 Å². The second-order valence-corrected chi connectivity index (χ2v) is 3.66. The number of morpholine rings is 1. The molecular weight excluding hydrogens is 180 g/mol. The fourth-order valence-electron chi connectivity index (χ4n) is 1.54. The topological polar surface area (TPSA) is 33.7 Å². The van der Waals surface area contributed by atoms with Crippen LogP contribution < -0.4 is 5.32 Å². The quantitative estimate of drug-likeness (QED) is 0.612. The predicted molar refractivity (Wildman–Crippen MR) is 56.6 cm³/mol. The van der Waals surface area contributed by atoms with Gasteiger partial charge in [0.15, 0.2) is 0 Å². The number of rotatable bonds is 6. The Morgan fingerprint density at radius 1 is 1.57 bits per heavy atom. The normalized spacial score (nSPS) is 24.0. The van der Waals surface area contributed by atoms with Crippen LogP contribution in [0.5, 0.6) is 0 Å². The van der Waals surface area contributed by atoms with E-state index in [9.17, 15) is 0 Å². The zero-order valence-corrected chi connectivity index (χ0v) is 9.29. The maximum absolute atomic E-state index is 5.61. The van der Waals surface area contributed by atoms with Crippen molar-refractivity contribution in [2.24, 2.45) is 0 Å². The third-order valence-corrected chi connectivity index (χ3v) is 2.34. The molecule has 4 heteroatoms. The lowest BCUT2D eigenvalue weighted by Crippen LogP contribution is -2.45. The second-order valence-electron chi connectivity index (χ2n) is 3.66.